The van der Waals surface area contributed by atoms with E-state index in [-0.39, 0.29) is 0 Å². The second kappa shape index (κ2) is 3.98. The van der Waals surface area contributed by atoms with E-state index in [2.05, 4.69) is 48.5 Å². The molecule has 0 bridgehead atoms. The monoisotopic (exact) mass is 300 g/mol. The second-order valence-electron chi connectivity index (χ2n) is 5.33. The van der Waals surface area contributed by atoms with Crippen molar-refractivity contribution in [2.24, 2.45) is 0 Å². The third-order valence-corrected chi connectivity index (χ3v) is 6.80. The summed E-state index contributed by atoms with van der Waals surface area (Å²) in [5.74, 6) is 0. The van der Waals surface area contributed by atoms with Gasteiger partial charge in [0, 0.05) is 0 Å². The Labute approximate surface area is 115 Å². The molecule has 1 atom stereocenters. The van der Waals surface area contributed by atoms with E-state index in [1.54, 1.807) is 21.2 Å². The molecule has 0 nitrogen and oxygen atoms in total. The van der Waals surface area contributed by atoms with Crippen LogP contribution in [0.25, 0.3) is 0 Å². The average Bonchev–Trinajstić information content (AvgIpc) is 2.80. The van der Waals surface area contributed by atoms with Crippen molar-refractivity contribution >= 4 is 19.4 Å². The van der Waals surface area contributed by atoms with Crippen LogP contribution in [0.4, 0.5) is 0 Å². The molecule has 4 rings (SSSR count). The van der Waals surface area contributed by atoms with Crippen molar-refractivity contribution in [2.75, 3.05) is 0 Å². The zero-order chi connectivity index (χ0) is 12.0. The van der Waals surface area contributed by atoms with Gasteiger partial charge < -0.3 is 0 Å². The SMILES string of the molecule is c1ccc2c(c1)CCC21CC[Se]c2ccccc21. The fourth-order valence-corrected chi connectivity index (χ4v) is 6.34. The fraction of sp³-hybridized carbons (Fsp3) is 0.294. The standard InChI is InChI=1S/C17H16Se/c1-2-6-14-13(5-1)9-10-17(14)11-12-18-16-8-4-3-7-15(16)17/h1-8H,9-12H2. The van der Waals surface area contributed by atoms with Gasteiger partial charge >= 0.3 is 115 Å². The summed E-state index contributed by atoms with van der Waals surface area (Å²) in [6, 6.07) is 18.3. The van der Waals surface area contributed by atoms with Crippen molar-refractivity contribution in [3.63, 3.8) is 0 Å². The molecule has 1 spiro atoms. The Balaban J connectivity index is 1.97. The molecule has 0 N–H and O–H groups in total. The summed E-state index contributed by atoms with van der Waals surface area (Å²) in [4.78, 5) is 0. The molecule has 1 unspecified atom stereocenters. The van der Waals surface area contributed by atoms with Gasteiger partial charge in [-0.25, -0.2) is 0 Å². The molecule has 0 amide bonds. The van der Waals surface area contributed by atoms with Gasteiger partial charge in [0.1, 0.15) is 0 Å². The van der Waals surface area contributed by atoms with E-state index in [0.717, 1.165) is 0 Å². The number of aryl methyl sites for hydroxylation is 1. The zero-order valence-corrected chi connectivity index (χ0v) is 12.1. The van der Waals surface area contributed by atoms with Crippen LogP contribution < -0.4 is 4.46 Å². The maximum atomic E-state index is 2.39. The summed E-state index contributed by atoms with van der Waals surface area (Å²) in [6.07, 6.45) is 3.94. The maximum absolute atomic E-state index is 2.39. The molecule has 0 saturated carbocycles. The van der Waals surface area contributed by atoms with Crippen LogP contribution in [0, 0.1) is 0 Å². The molecule has 0 fully saturated rings. The Morgan fingerprint density at radius 2 is 1.61 bits per heavy atom. The van der Waals surface area contributed by atoms with E-state index in [9.17, 15) is 0 Å². The summed E-state index contributed by atoms with van der Waals surface area (Å²) in [6.45, 7) is 0. The Morgan fingerprint density at radius 1 is 0.833 bits per heavy atom. The first-order valence-electron chi connectivity index (χ1n) is 6.71. The van der Waals surface area contributed by atoms with Crippen LogP contribution in [0.2, 0.25) is 5.32 Å². The molecule has 0 saturated heterocycles. The molecule has 1 heterocycles. The van der Waals surface area contributed by atoms with Crippen molar-refractivity contribution in [3.05, 3.63) is 65.2 Å². The summed E-state index contributed by atoms with van der Waals surface area (Å²) in [7, 11) is 0. The quantitative estimate of drug-likeness (QED) is 0.656. The van der Waals surface area contributed by atoms with E-state index >= 15 is 0 Å². The Hall–Kier alpha value is -1.04. The van der Waals surface area contributed by atoms with Crippen LogP contribution in [-0.2, 0) is 11.8 Å². The molecule has 2 aliphatic rings. The minimum absolute atomic E-state index is 0.354. The van der Waals surface area contributed by atoms with E-state index in [0.29, 0.717) is 20.4 Å². The molecule has 1 aliphatic heterocycles. The fourth-order valence-electron chi connectivity index (χ4n) is 3.69. The van der Waals surface area contributed by atoms with Gasteiger partial charge in [-0.2, -0.15) is 0 Å². The molecular formula is C17H16Se. The van der Waals surface area contributed by atoms with Crippen molar-refractivity contribution < 1.29 is 0 Å². The molecule has 1 heteroatoms. The summed E-state index contributed by atoms with van der Waals surface area (Å²) in [5.41, 5.74) is 5.20. The first-order chi connectivity index (χ1) is 8.90. The van der Waals surface area contributed by atoms with Gasteiger partial charge in [0.2, 0.25) is 0 Å². The van der Waals surface area contributed by atoms with Gasteiger partial charge in [-0.05, 0) is 0 Å². The Morgan fingerprint density at radius 3 is 2.56 bits per heavy atom. The Kier molecular flexibility index (Phi) is 2.40. The van der Waals surface area contributed by atoms with Gasteiger partial charge in [0.05, 0.1) is 0 Å². The van der Waals surface area contributed by atoms with Crippen LogP contribution in [0.5, 0.6) is 0 Å². The molecule has 18 heavy (non-hydrogen) atoms. The predicted molar refractivity (Wildman–Crippen MR) is 76.8 cm³/mol. The number of rotatable bonds is 0. The number of benzene rings is 2. The van der Waals surface area contributed by atoms with E-state index in [1.807, 2.05) is 0 Å². The molecule has 1 aliphatic carbocycles. The summed E-state index contributed by atoms with van der Waals surface area (Å²) < 4.78 is 1.65. The van der Waals surface area contributed by atoms with E-state index < -0.39 is 0 Å². The number of hydrogen-bond acceptors (Lipinski definition) is 0. The topological polar surface area (TPSA) is 0 Å². The normalized spacial score (nSPS) is 24.9. The van der Waals surface area contributed by atoms with Gasteiger partial charge in [0.25, 0.3) is 0 Å². The van der Waals surface area contributed by atoms with Crippen molar-refractivity contribution in [1.82, 2.24) is 0 Å². The van der Waals surface area contributed by atoms with Crippen LogP contribution in [0.1, 0.15) is 29.5 Å². The van der Waals surface area contributed by atoms with Gasteiger partial charge in [-0.3, -0.25) is 0 Å². The first kappa shape index (κ1) is 10.8. The third-order valence-electron chi connectivity index (χ3n) is 4.54. The minimum atomic E-state index is 0.354. The molecule has 2 aromatic carbocycles. The van der Waals surface area contributed by atoms with Crippen LogP contribution >= 0.6 is 0 Å². The van der Waals surface area contributed by atoms with E-state index in [4.69, 9.17) is 0 Å². The summed E-state index contributed by atoms with van der Waals surface area (Å²) in [5, 5.41) is 1.40. The number of hydrogen-bond donors (Lipinski definition) is 0. The first-order valence-corrected chi connectivity index (χ1v) is 8.78. The van der Waals surface area contributed by atoms with Crippen LogP contribution in [-0.4, -0.2) is 15.0 Å². The molecule has 0 aromatic heterocycles. The molecular weight excluding hydrogens is 283 g/mol. The zero-order valence-electron chi connectivity index (χ0n) is 10.4. The second-order valence-corrected chi connectivity index (χ2v) is 7.72. The van der Waals surface area contributed by atoms with Gasteiger partial charge in [0.15, 0.2) is 0 Å². The van der Waals surface area contributed by atoms with Gasteiger partial charge in [-0.1, -0.05) is 0 Å². The number of fused-ring (bicyclic) bond motifs is 4. The molecule has 90 valence electrons. The molecule has 0 radical (unpaired) electrons. The van der Waals surface area contributed by atoms with E-state index in [1.165, 1.54) is 24.6 Å². The summed E-state index contributed by atoms with van der Waals surface area (Å²) >= 11 is 0.694. The van der Waals surface area contributed by atoms with Crippen LogP contribution in [0.3, 0.4) is 0 Å². The van der Waals surface area contributed by atoms with Crippen molar-refractivity contribution in [1.29, 1.82) is 0 Å². The average molecular weight is 299 g/mol. The van der Waals surface area contributed by atoms with Crippen molar-refractivity contribution in [2.45, 2.75) is 30.0 Å². The third kappa shape index (κ3) is 1.38. The Bertz CT molecular complexity index is 602. The van der Waals surface area contributed by atoms with Crippen molar-refractivity contribution in [3.8, 4) is 0 Å². The van der Waals surface area contributed by atoms with Crippen LogP contribution in [0.15, 0.2) is 48.5 Å². The molecule has 2 aromatic rings. The van der Waals surface area contributed by atoms with Gasteiger partial charge in [-0.15, -0.1) is 0 Å². The predicted octanol–water partition coefficient (Wildman–Crippen LogP) is 3.07.